The van der Waals surface area contributed by atoms with Crippen LogP contribution in [0.4, 0.5) is 0 Å². The van der Waals surface area contributed by atoms with Gasteiger partial charge in [-0.25, -0.2) is 0 Å². The Bertz CT molecular complexity index is 532. The van der Waals surface area contributed by atoms with E-state index in [2.05, 4.69) is 64.1 Å². The quantitative estimate of drug-likeness (QED) is 0.614. The summed E-state index contributed by atoms with van der Waals surface area (Å²) < 4.78 is 0. The van der Waals surface area contributed by atoms with E-state index in [9.17, 15) is 0 Å². The van der Waals surface area contributed by atoms with Crippen molar-refractivity contribution in [2.24, 2.45) is 0 Å². The van der Waals surface area contributed by atoms with E-state index in [1.807, 2.05) is 22.7 Å². The maximum Gasteiger partial charge on any atom is 0.0449 e. The SMILES string of the molecule is CC(C)=Cc1ccc(-c2ccc(C=C(C)C)s2)s1. The number of hydrogen-bond acceptors (Lipinski definition) is 2. The van der Waals surface area contributed by atoms with Crippen molar-refractivity contribution in [1.82, 2.24) is 0 Å². The lowest BCUT2D eigenvalue weighted by Crippen LogP contribution is -1.61. The molecular formula is C16H18S2. The summed E-state index contributed by atoms with van der Waals surface area (Å²) in [5.41, 5.74) is 2.69. The van der Waals surface area contributed by atoms with Gasteiger partial charge in [-0.3, -0.25) is 0 Å². The van der Waals surface area contributed by atoms with Crippen molar-refractivity contribution in [2.45, 2.75) is 27.7 Å². The second-order valence-corrected chi connectivity index (χ2v) is 7.08. The maximum absolute atomic E-state index is 2.23. The molecule has 0 saturated carbocycles. The van der Waals surface area contributed by atoms with E-state index < -0.39 is 0 Å². The number of thiophene rings is 2. The number of allylic oxidation sites excluding steroid dienone is 2. The summed E-state index contributed by atoms with van der Waals surface area (Å²) in [4.78, 5) is 5.39. The third-order valence-electron chi connectivity index (χ3n) is 2.36. The van der Waals surface area contributed by atoms with Crippen LogP contribution in [-0.2, 0) is 0 Å². The van der Waals surface area contributed by atoms with Crippen LogP contribution in [0, 0.1) is 0 Å². The average Bonchev–Trinajstić information content (AvgIpc) is 2.85. The molecule has 0 amide bonds. The monoisotopic (exact) mass is 274 g/mol. The molecule has 0 saturated heterocycles. The van der Waals surface area contributed by atoms with E-state index in [0.29, 0.717) is 0 Å². The zero-order valence-corrected chi connectivity index (χ0v) is 12.9. The maximum atomic E-state index is 2.23. The van der Waals surface area contributed by atoms with E-state index in [0.717, 1.165) is 0 Å². The molecule has 2 aromatic heterocycles. The standard InChI is InChI=1S/C16H18S2/c1-11(2)9-13-5-7-15(17-13)16-8-6-14(18-16)10-12(3)4/h5-10H,1-4H3. The second-order valence-electron chi connectivity index (χ2n) is 4.85. The zero-order valence-electron chi connectivity index (χ0n) is 11.3. The van der Waals surface area contributed by atoms with Gasteiger partial charge in [0.1, 0.15) is 0 Å². The molecule has 0 fully saturated rings. The lowest BCUT2D eigenvalue weighted by atomic mass is 10.3. The minimum atomic E-state index is 1.34. The molecule has 0 nitrogen and oxygen atoms in total. The van der Waals surface area contributed by atoms with Crippen LogP contribution in [0.1, 0.15) is 37.4 Å². The molecule has 0 bridgehead atoms. The summed E-state index contributed by atoms with van der Waals surface area (Å²) >= 11 is 3.72. The van der Waals surface area contributed by atoms with Gasteiger partial charge >= 0.3 is 0 Å². The van der Waals surface area contributed by atoms with Gasteiger partial charge in [0.15, 0.2) is 0 Å². The van der Waals surface area contributed by atoms with Gasteiger partial charge in [-0.1, -0.05) is 11.1 Å². The van der Waals surface area contributed by atoms with Crippen molar-refractivity contribution >= 4 is 34.8 Å². The summed E-state index contributed by atoms with van der Waals surface area (Å²) in [5.74, 6) is 0. The van der Waals surface area contributed by atoms with Crippen LogP contribution < -0.4 is 0 Å². The Morgan fingerprint density at radius 3 is 1.44 bits per heavy atom. The van der Waals surface area contributed by atoms with E-state index in [1.165, 1.54) is 30.7 Å². The molecule has 94 valence electrons. The first-order valence-electron chi connectivity index (χ1n) is 6.04. The van der Waals surface area contributed by atoms with Gasteiger partial charge in [0, 0.05) is 19.5 Å². The Kier molecular flexibility index (Phi) is 4.20. The third kappa shape index (κ3) is 3.44. The van der Waals surface area contributed by atoms with Gasteiger partial charge in [0.2, 0.25) is 0 Å². The van der Waals surface area contributed by atoms with Crippen molar-refractivity contribution in [2.75, 3.05) is 0 Å². The smallest absolute Gasteiger partial charge is 0.0449 e. The highest BCUT2D eigenvalue weighted by Gasteiger charge is 2.04. The highest BCUT2D eigenvalue weighted by atomic mass is 32.1. The molecule has 2 heterocycles. The molecule has 0 aromatic carbocycles. The fourth-order valence-electron chi connectivity index (χ4n) is 1.69. The minimum absolute atomic E-state index is 1.34. The molecular weight excluding hydrogens is 256 g/mol. The van der Waals surface area contributed by atoms with E-state index >= 15 is 0 Å². The Morgan fingerprint density at radius 1 is 0.722 bits per heavy atom. The minimum Gasteiger partial charge on any atom is -0.135 e. The molecule has 2 heteroatoms. The Balaban J connectivity index is 2.27. The first kappa shape index (κ1) is 13.3. The molecule has 0 unspecified atom stereocenters. The van der Waals surface area contributed by atoms with Crippen molar-refractivity contribution in [3.05, 3.63) is 45.2 Å². The molecule has 0 N–H and O–H groups in total. The summed E-state index contributed by atoms with van der Waals surface area (Å²) in [6, 6.07) is 8.84. The van der Waals surface area contributed by atoms with Gasteiger partial charge in [-0.15, -0.1) is 22.7 Å². The molecule has 2 aromatic rings. The third-order valence-corrected chi connectivity index (χ3v) is 4.62. The van der Waals surface area contributed by atoms with Crippen LogP contribution in [0.3, 0.4) is 0 Å². The van der Waals surface area contributed by atoms with E-state index in [1.54, 1.807) is 0 Å². The highest BCUT2D eigenvalue weighted by Crippen LogP contribution is 2.35. The van der Waals surface area contributed by atoms with Crippen LogP contribution >= 0.6 is 22.7 Å². The number of hydrogen-bond donors (Lipinski definition) is 0. The molecule has 0 aliphatic heterocycles. The molecule has 18 heavy (non-hydrogen) atoms. The molecule has 0 aliphatic rings. The topological polar surface area (TPSA) is 0 Å². The molecule has 0 radical (unpaired) electrons. The lowest BCUT2D eigenvalue weighted by molar-refractivity contribution is 1.43. The van der Waals surface area contributed by atoms with Crippen molar-refractivity contribution < 1.29 is 0 Å². The van der Waals surface area contributed by atoms with E-state index in [-0.39, 0.29) is 0 Å². The van der Waals surface area contributed by atoms with Crippen LogP contribution in [0.5, 0.6) is 0 Å². The van der Waals surface area contributed by atoms with Crippen LogP contribution in [0.15, 0.2) is 35.4 Å². The highest BCUT2D eigenvalue weighted by molar-refractivity contribution is 7.22. The first-order valence-corrected chi connectivity index (χ1v) is 7.68. The molecule has 0 spiro atoms. The van der Waals surface area contributed by atoms with E-state index in [4.69, 9.17) is 0 Å². The Morgan fingerprint density at radius 2 is 1.11 bits per heavy atom. The normalized spacial score (nSPS) is 10.2. The molecule has 0 aliphatic carbocycles. The van der Waals surface area contributed by atoms with Crippen LogP contribution in [-0.4, -0.2) is 0 Å². The van der Waals surface area contributed by atoms with Gasteiger partial charge in [0.25, 0.3) is 0 Å². The van der Waals surface area contributed by atoms with Gasteiger partial charge in [0.05, 0.1) is 0 Å². The van der Waals surface area contributed by atoms with Gasteiger partial charge < -0.3 is 0 Å². The van der Waals surface area contributed by atoms with Crippen molar-refractivity contribution in [3.63, 3.8) is 0 Å². The van der Waals surface area contributed by atoms with Gasteiger partial charge in [-0.05, 0) is 64.1 Å². The molecule has 2 rings (SSSR count). The summed E-state index contributed by atoms with van der Waals surface area (Å²) in [7, 11) is 0. The zero-order chi connectivity index (χ0) is 13.1. The average molecular weight is 274 g/mol. The van der Waals surface area contributed by atoms with Crippen molar-refractivity contribution in [3.8, 4) is 9.75 Å². The fraction of sp³-hybridized carbons (Fsp3) is 0.250. The Labute approximate surface area is 117 Å². The van der Waals surface area contributed by atoms with Gasteiger partial charge in [-0.2, -0.15) is 0 Å². The summed E-state index contributed by atoms with van der Waals surface area (Å²) in [6.45, 7) is 8.55. The predicted molar refractivity (Wildman–Crippen MR) is 86.3 cm³/mol. The Hall–Kier alpha value is -1.12. The largest absolute Gasteiger partial charge is 0.135 e. The fourth-order valence-corrected chi connectivity index (χ4v) is 3.92. The summed E-state index contributed by atoms with van der Waals surface area (Å²) in [5, 5.41) is 0. The number of rotatable bonds is 3. The predicted octanol–water partition coefficient (Wildman–Crippen LogP) is 6.32. The second kappa shape index (κ2) is 5.68. The van der Waals surface area contributed by atoms with Crippen LogP contribution in [0.25, 0.3) is 21.9 Å². The van der Waals surface area contributed by atoms with Crippen LogP contribution in [0.2, 0.25) is 0 Å². The summed E-state index contributed by atoms with van der Waals surface area (Å²) in [6.07, 6.45) is 4.47. The first-order chi connectivity index (χ1) is 8.54. The van der Waals surface area contributed by atoms with Crippen molar-refractivity contribution in [1.29, 1.82) is 0 Å². The molecule has 0 atom stereocenters. The lowest BCUT2D eigenvalue weighted by Gasteiger charge is -1.90.